The monoisotopic (exact) mass is 303 g/mol. The lowest BCUT2D eigenvalue weighted by molar-refractivity contribution is 0.132. The highest BCUT2D eigenvalue weighted by atomic mass is 16.5. The van der Waals surface area contributed by atoms with Gasteiger partial charge < -0.3 is 19.2 Å². The normalized spacial score (nSPS) is 19.4. The molecule has 1 fully saturated rings. The number of ether oxygens (including phenoxy) is 1. The predicted molar refractivity (Wildman–Crippen MR) is 81.9 cm³/mol. The van der Waals surface area contributed by atoms with Gasteiger partial charge in [0.25, 0.3) is 0 Å². The second kappa shape index (κ2) is 6.79. The van der Waals surface area contributed by atoms with Crippen LogP contribution in [-0.2, 0) is 0 Å². The van der Waals surface area contributed by atoms with Crippen molar-refractivity contribution >= 4 is 5.82 Å². The third kappa shape index (κ3) is 3.22. The minimum atomic E-state index is -0.589. The zero-order chi connectivity index (χ0) is 15.4. The highest BCUT2D eigenvalue weighted by molar-refractivity contribution is 5.43. The van der Waals surface area contributed by atoms with Gasteiger partial charge >= 0.3 is 0 Å². The molecular formula is C16H21N3O3. The number of aromatic nitrogens is 2. The van der Waals surface area contributed by atoms with Crippen molar-refractivity contribution in [1.29, 1.82) is 0 Å². The Morgan fingerprint density at radius 1 is 1.50 bits per heavy atom. The SMILES string of the molecule is CCOc1cc(N2CCC[C@H]2C[C@@H](O)c2ccco2)ncn1. The molecule has 1 aliphatic rings. The molecule has 0 aromatic carbocycles. The molecule has 118 valence electrons. The fourth-order valence-electron chi connectivity index (χ4n) is 2.95. The molecule has 3 rings (SSSR count). The van der Waals surface area contributed by atoms with Crippen LogP contribution in [0.5, 0.6) is 5.88 Å². The molecule has 0 spiro atoms. The molecule has 6 nitrogen and oxygen atoms in total. The van der Waals surface area contributed by atoms with Crippen molar-refractivity contribution in [3.63, 3.8) is 0 Å². The minimum absolute atomic E-state index is 0.240. The van der Waals surface area contributed by atoms with Crippen molar-refractivity contribution in [2.45, 2.75) is 38.3 Å². The zero-order valence-electron chi connectivity index (χ0n) is 12.7. The second-order valence-corrected chi connectivity index (χ2v) is 5.40. The first-order valence-corrected chi connectivity index (χ1v) is 7.71. The Balaban J connectivity index is 1.71. The van der Waals surface area contributed by atoms with Gasteiger partial charge in [-0.3, -0.25) is 0 Å². The van der Waals surface area contributed by atoms with Crippen LogP contribution in [0.1, 0.15) is 38.1 Å². The van der Waals surface area contributed by atoms with Gasteiger partial charge in [0, 0.05) is 25.1 Å². The van der Waals surface area contributed by atoms with Crippen LogP contribution < -0.4 is 9.64 Å². The largest absolute Gasteiger partial charge is 0.478 e. The molecule has 0 saturated carbocycles. The quantitative estimate of drug-likeness (QED) is 0.884. The van der Waals surface area contributed by atoms with E-state index in [1.165, 1.54) is 6.33 Å². The number of nitrogens with zero attached hydrogens (tertiary/aromatic N) is 3. The molecule has 0 unspecified atom stereocenters. The summed E-state index contributed by atoms with van der Waals surface area (Å²) in [6.45, 7) is 3.44. The summed E-state index contributed by atoms with van der Waals surface area (Å²) in [4.78, 5) is 10.7. The van der Waals surface area contributed by atoms with Gasteiger partial charge in [-0.1, -0.05) is 0 Å². The minimum Gasteiger partial charge on any atom is -0.478 e. The lowest BCUT2D eigenvalue weighted by atomic mass is 10.1. The Morgan fingerprint density at radius 3 is 3.18 bits per heavy atom. The number of furan rings is 1. The summed E-state index contributed by atoms with van der Waals surface area (Å²) in [5.74, 6) is 2.06. The standard InChI is InChI=1S/C16H21N3O3/c1-2-21-16-10-15(17-11-18-16)19-7-3-5-12(19)9-13(20)14-6-4-8-22-14/h4,6,8,10-13,20H,2-3,5,7,9H2,1H3/t12-,13+/m0/s1. The van der Waals surface area contributed by atoms with E-state index in [1.54, 1.807) is 12.3 Å². The van der Waals surface area contributed by atoms with Crippen molar-refractivity contribution in [1.82, 2.24) is 9.97 Å². The first-order valence-electron chi connectivity index (χ1n) is 7.71. The number of aliphatic hydroxyl groups is 1. The van der Waals surface area contributed by atoms with Gasteiger partial charge in [0.2, 0.25) is 5.88 Å². The number of rotatable bonds is 6. The topological polar surface area (TPSA) is 71.6 Å². The van der Waals surface area contributed by atoms with Crippen LogP contribution >= 0.6 is 0 Å². The Morgan fingerprint density at radius 2 is 2.41 bits per heavy atom. The van der Waals surface area contributed by atoms with Crippen molar-refractivity contribution in [3.05, 3.63) is 36.5 Å². The van der Waals surface area contributed by atoms with Crippen molar-refractivity contribution in [3.8, 4) is 5.88 Å². The van der Waals surface area contributed by atoms with E-state index in [4.69, 9.17) is 9.15 Å². The van der Waals surface area contributed by atoms with Crippen LogP contribution in [0, 0.1) is 0 Å². The molecule has 0 radical (unpaired) electrons. The smallest absolute Gasteiger partial charge is 0.218 e. The lowest BCUT2D eigenvalue weighted by Gasteiger charge is -2.27. The third-order valence-corrected chi connectivity index (χ3v) is 3.96. The van der Waals surface area contributed by atoms with E-state index in [9.17, 15) is 5.11 Å². The van der Waals surface area contributed by atoms with Gasteiger partial charge in [-0.25, -0.2) is 9.97 Å². The maximum atomic E-state index is 10.3. The highest BCUT2D eigenvalue weighted by Gasteiger charge is 2.29. The average molecular weight is 303 g/mol. The highest BCUT2D eigenvalue weighted by Crippen LogP contribution is 2.31. The maximum Gasteiger partial charge on any atom is 0.218 e. The Hall–Kier alpha value is -2.08. The molecule has 3 heterocycles. The predicted octanol–water partition coefficient (Wildman–Crippen LogP) is 2.56. The number of anilines is 1. The van der Waals surface area contributed by atoms with Crippen LogP contribution in [0.2, 0.25) is 0 Å². The van der Waals surface area contributed by atoms with Crippen molar-refractivity contribution < 1.29 is 14.3 Å². The zero-order valence-corrected chi connectivity index (χ0v) is 12.7. The molecule has 0 bridgehead atoms. The van der Waals surface area contributed by atoms with E-state index in [1.807, 2.05) is 19.1 Å². The van der Waals surface area contributed by atoms with E-state index in [2.05, 4.69) is 14.9 Å². The van der Waals surface area contributed by atoms with E-state index in [0.29, 0.717) is 24.7 Å². The van der Waals surface area contributed by atoms with Gasteiger partial charge in [-0.05, 0) is 31.9 Å². The van der Waals surface area contributed by atoms with Crippen LogP contribution in [0.25, 0.3) is 0 Å². The fourth-order valence-corrected chi connectivity index (χ4v) is 2.95. The van der Waals surface area contributed by atoms with Gasteiger partial charge in [0.1, 0.15) is 24.0 Å². The number of hydrogen-bond donors (Lipinski definition) is 1. The van der Waals surface area contributed by atoms with Crippen LogP contribution in [0.15, 0.2) is 35.2 Å². The molecule has 22 heavy (non-hydrogen) atoms. The average Bonchev–Trinajstić information content (AvgIpc) is 3.19. The molecular weight excluding hydrogens is 282 g/mol. The fraction of sp³-hybridized carbons (Fsp3) is 0.500. The first-order chi connectivity index (χ1) is 10.8. The molecule has 2 aromatic heterocycles. The molecule has 0 amide bonds. The molecule has 2 aromatic rings. The van der Waals surface area contributed by atoms with Crippen LogP contribution in [-0.4, -0.2) is 34.3 Å². The van der Waals surface area contributed by atoms with E-state index >= 15 is 0 Å². The van der Waals surface area contributed by atoms with Gasteiger partial charge in [-0.15, -0.1) is 0 Å². The Labute approximate surface area is 129 Å². The summed E-state index contributed by atoms with van der Waals surface area (Å²) in [6.07, 6.45) is 5.27. The first kappa shape index (κ1) is 14.8. The van der Waals surface area contributed by atoms with E-state index < -0.39 is 6.10 Å². The van der Waals surface area contributed by atoms with Crippen LogP contribution in [0.4, 0.5) is 5.82 Å². The lowest BCUT2D eigenvalue weighted by Crippen LogP contribution is -2.31. The summed E-state index contributed by atoms with van der Waals surface area (Å²) >= 11 is 0. The maximum absolute atomic E-state index is 10.3. The summed E-state index contributed by atoms with van der Waals surface area (Å²) in [6, 6.07) is 5.71. The number of hydrogen-bond acceptors (Lipinski definition) is 6. The molecule has 2 atom stereocenters. The van der Waals surface area contributed by atoms with Crippen LogP contribution in [0.3, 0.4) is 0 Å². The second-order valence-electron chi connectivity index (χ2n) is 5.40. The van der Waals surface area contributed by atoms with E-state index in [0.717, 1.165) is 25.2 Å². The Bertz CT molecular complexity index is 588. The van der Waals surface area contributed by atoms with Crippen molar-refractivity contribution in [2.24, 2.45) is 0 Å². The molecule has 1 aliphatic heterocycles. The third-order valence-electron chi connectivity index (χ3n) is 3.96. The summed E-state index contributed by atoms with van der Waals surface area (Å²) in [7, 11) is 0. The Kier molecular flexibility index (Phi) is 4.58. The summed E-state index contributed by atoms with van der Waals surface area (Å²) < 4.78 is 10.7. The molecule has 1 saturated heterocycles. The summed E-state index contributed by atoms with van der Waals surface area (Å²) in [5.41, 5.74) is 0. The molecule has 1 N–H and O–H groups in total. The van der Waals surface area contributed by atoms with Gasteiger partial charge in [0.15, 0.2) is 0 Å². The van der Waals surface area contributed by atoms with Crippen molar-refractivity contribution in [2.75, 3.05) is 18.1 Å². The molecule has 0 aliphatic carbocycles. The summed E-state index contributed by atoms with van der Waals surface area (Å²) in [5, 5.41) is 10.3. The molecule has 6 heteroatoms. The number of aliphatic hydroxyl groups excluding tert-OH is 1. The van der Waals surface area contributed by atoms with Gasteiger partial charge in [0.05, 0.1) is 12.9 Å². The van der Waals surface area contributed by atoms with Gasteiger partial charge in [-0.2, -0.15) is 0 Å². The van der Waals surface area contributed by atoms with E-state index in [-0.39, 0.29) is 6.04 Å².